The third kappa shape index (κ3) is 2.61. The first kappa shape index (κ1) is 14.0. The molecule has 0 amide bonds. The van der Waals surface area contributed by atoms with Crippen molar-refractivity contribution in [2.45, 2.75) is 13.8 Å². The van der Waals surface area contributed by atoms with Crippen LogP contribution < -0.4 is 10.3 Å². The maximum atomic E-state index is 9.98. The van der Waals surface area contributed by atoms with Crippen molar-refractivity contribution in [2.24, 2.45) is 0 Å². The van der Waals surface area contributed by atoms with Crippen molar-refractivity contribution >= 4 is 11.4 Å². The van der Waals surface area contributed by atoms with E-state index in [-0.39, 0.29) is 22.9 Å². The summed E-state index contributed by atoms with van der Waals surface area (Å²) in [6.07, 6.45) is 0. The number of hydrazine groups is 1. The average molecular weight is 276 g/mol. The standard InChI is InChI=1S/C14H16N2O4/c1-9-7-11(3-5-13(9)17)15(19)16(20)12-4-6-14(18)10(2)8-12/h3-8,17-20H,1-2H3. The topological polar surface area (TPSA) is 87.4 Å². The first-order chi connectivity index (χ1) is 9.40. The molecule has 6 nitrogen and oxygen atoms in total. The number of nitrogens with zero attached hydrogens (tertiary/aromatic N) is 2. The molecule has 0 atom stereocenters. The number of phenolic OH excluding ortho intramolecular Hbond substituents is 2. The largest absolute Gasteiger partial charge is 0.508 e. The zero-order valence-corrected chi connectivity index (χ0v) is 11.1. The summed E-state index contributed by atoms with van der Waals surface area (Å²) in [7, 11) is 0. The van der Waals surface area contributed by atoms with Crippen LogP contribution in [-0.2, 0) is 0 Å². The highest BCUT2D eigenvalue weighted by Crippen LogP contribution is 2.27. The molecule has 6 heteroatoms. The van der Waals surface area contributed by atoms with Crippen LogP contribution in [0.5, 0.6) is 11.5 Å². The van der Waals surface area contributed by atoms with Gasteiger partial charge in [0.2, 0.25) is 0 Å². The highest BCUT2D eigenvalue weighted by molar-refractivity contribution is 5.58. The molecule has 2 aromatic carbocycles. The van der Waals surface area contributed by atoms with Crippen LogP contribution in [-0.4, -0.2) is 20.6 Å². The summed E-state index contributed by atoms with van der Waals surface area (Å²) < 4.78 is 0. The van der Waals surface area contributed by atoms with Gasteiger partial charge in [0.25, 0.3) is 0 Å². The van der Waals surface area contributed by atoms with Crippen molar-refractivity contribution < 1.29 is 20.6 Å². The van der Waals surface area contributed by atoms with Crippen LogP contribution in [0.1, 0.15) is 11.1 Å². The summed E-state index contributed by atoms with van der Waals surface area (Å²) in [6.45, 7) is 3.36. The van der Waals surface area contributed by atoms with E-state index in [1.54, 1.807) is 13.8 Å². The molecule has 0 spiro atoms. The highest BCUT2D eigenvalue weighted by atomic mass is 16.7. The minimum absolute atomic E-state index is 0.104. The fourth-order valence-electron chi connectivity index (χ4n) is 1.75. The van der Waals surface area contributed by atoms with Gasteiger partial charge in [0.1, 0.15) is 11.5 Å². The third-order valence-electron chi connectivity index (χ3n) is 3.00. The predicted octanol–water partition coefficient (Wildman–Crippen LogP) is 2.72. The lowest BCUT2D eigenvalue weighted by atomic mass is 10.2. The minimum atomic E-state index is 0.104. The quantitative estimate of drug-likeness (QED) is 0.645. The summed E-state index contributed by atoms with van der Waals surface area (Å²) in [6, 6.07) is 8.79. The Morgan fingerprint density at radius 1 is 0.700 bits per heavy atom. The van der Waals surface area contributed by atoms with E-state index in [1.165, 1.54) is 36.4 Å². The first-order valence-electron chi connectivity index (χ1n) is 5.97. The molecule has 2 rings (SSSR count). The Labute approximate surface area is 116 Å². The first-order valence-corrected chi connectivity index (χ1v) is 5.97. The normalized spacial score (nSPS) is 10.4. The molecule has 0 heterocycles. The molecule has 0 aliphatic rings. The maximum Gasteiger partial charge on any atom is 0.118 e. The fraction of sp³-hybridized carbons (Fsp3) is 0.143. The van der Waals surface area contributed by atoms with E-state index in [0.717, 1.165) is 0 Å². The minimum Gasteiger partial charge on any atom is -0.508 e. The van der Waals surface area contributed by atoms with Crippen LogP contribution in [0.4, 0.5) is 11.4 Å². The lowest BCUT2D eigenvalue weighted by molar-refractivity contribution is 0.118. The predicted molar refractivity (Wildman–Crippen MR) is 74.2 cm³/mol. The number of rotatable bonds is 3. The van der Waals surface area contributed by atoms with Crippen molar-refractivity contribution in [2.75, 3.05) is 10.3 Å². The third-order valence-corrected chi connectivity index (χ3v) is 3.00. The van der Waals surface area contributed by atoms with E-state index >= 15 is 0 Å². The van der Waals surface area contributed by atoms with E-state index in [2.05, 4.69) is 0 Å². The second kappa shape index (κ2) is 5.28. The number of anilines is 2. The van der Waals surface area contributed by atoms with E-state index in [9.17, 15) is 20.6 Å². The van der Waals surface area contributed by atoms with Gasteiger partial charge in [-0.1, -0.05) is 0 Å². The smallest absolute Gasteiger partial charge is 0.118 e. The Kier molecular flexibility index (Phi) is 3.69. The maximum absolute atomic E-state index is 9.98. The summed E-state index contributed by atoms with van der Waals surface area (Å²) in [4.78, 5) is 0. The van der Waals surface area contributed by atoms with Gasteiger partial charge in [0, 0.05) is 0 Å². The van der Waals surface area contributed by atoms with Gasteiger partial charge < -0.3 is 10.2 Å². The van der Waals surface area contributed by atoms with Gasteiger partial charge in [0.15, 0.2) is 0 Å². The van der Waals surface area contributed by atoms with Gasteiger partial charge in [0.05, 0.1) is 11.4 Å². The van der Waals surface area contributed by atoms with Crippen molar-refractivity contribution in [1.82, 2.24) is 0 Å². The Morgan fingerprint density at radius 3 is 1.35 bits per heavy atom. The van der Waals surface area contributed by atoms with E-state index < -0.39 is 0 Å². The van der Waals surface area contributed by atoms with Gasteiger partial charge in [-0.15, -0.1) is 10.3 Å². The van der Waals surface area contributed by atoms with E-state index in [0.29, 0.717) is 21.5 Å². The van der Waals surface area contributed by atoms with Crippen LogP contribution in [0.15, 0.2) is 36.4 Å². The molecule has 0 saturated carbocycles. The summed E-state index contributed by atoms with van der Waals surface area (Å²) in [5.74, 6) is 0.208. The van der Waals surface area contributed by atoms with Crippen LogP contribution in [0.3, 0.4) is 0 Å². The van der Waals surface area contributed by atoms with E-state index in [1.807, 2.05) is 0 Å². The lowest BCUT2D eigenvalue weighted by Gasteiger charge is -2.27. The summed E-state index contributed by atoms with van der Waals surface area (Å²) >= 11 is 0. The Morgan fingerprint density at radius 2 is 1.05 bits per heavy atom. The molecule has 20 heavy (non-hydrogen) atoms. The van der Waals surface area contributed by atoms with Gasteiger partial charge in [-0.25, -0.2) is 0 Å². The van der Waals surface area contributed by atoms with Crippen molar-refractivity contribution in [1.29, 1.82) is 0 Å². The summed E-state index contributed by atoms with van der Waals surface area (Å²) in [5.41, 5.74) is 1.70. The molecule has 0 bridgehead atoms. The Hall–Kier alpha value is -2.44. The Bertz CT molecular complexity index is 575. The SMILES string of the molecule is Cc1cc(N(O)N(O)c2ccc(O)c(C)c2)ccc1O. The Balaban J connectivity index is 2.29. The van der Waals surface area contributed by atoms with Crippen LogP contribution >= 0.6 is 0 Å². The molecule has 0 aromatic heterocycles. The second-order valence-electron chi connectivity index (χ2n) is 4.52. The number of hydrogen-bond acceptors (Lipinski definition) is 6. The molecule has 106 valence electrons. The van der Waals surface area contributed by atoms with Crippen molar-refractivity contribution in [3.8, 4) is 11.5 Å². The highest BCUT2D eigenvalue weighted by Gasteiger charge is 2.14. The lowest BCUT2D eigenvalue weighted by Crippen LogP contribution is -2.37. The second-order valence-corrected chi connectivity index (χ2v) is 4.52. The number of phenols is 2. The number of aryl methyl sites for hydroxylation is 2. The molecule has 0 aliphatic carbocycles. The molecule has 0 saturated heterocycles. The fourth-order valence-corrected chi connectivity index (χ4v) is 1.75. The molecule has 0 fully saturated rings. The van der Waals surface area contributed by atoms with Crippen LogP contribution in [0.25, 0.3) is 0 Å². The molecule has 4 N–H and O–H groups in total. The monoisotopic (exact) mass is 276 g/mol. The number of hydrogen-bond donors (Lipinski definition) is 4. The van der Waals surface area contributed by atoms with Gasteiger partial charge in [-0.3, -0.25) is 10.4 Å². The summed E-state index contributed by atoms with van der Waals surface area (Å²) in [5, 5.41) is 39.9. The van der Waals surface area contributed by atoms with Crippen LogP contribution in [0.2, 0.25) is 0 Å². The van der Waals surface area contributed by atoms with Gasteiger partial charge in [-0.2, -0.15) is 0 Å². The molecular weight excluding hydrogens is 260 g/mol. The van der Waals surface area contributed by atoms with Crippen molar-refractivity contribution in [3.05, 3.63) is 47.5 Å². The molecule has 0 unspecified atom stereocenters. The molecular formula is C14H16N2O4. The van der Waals surface area contributed by atoms with Crippen LogP contribution in [0, 0.1) is 13.8 Å². The van der Waals surface area contributed by atoms with Gasteiger partial charge in [-0.05, 0) is 61.4 Å². The van der Waals surface area contributed by atoms with Crippen molar-refractivity contribution in [3.63, 3.8) is 0 Å². The molecule has 2 aromatic rings. The number of aromatic hydroxyl groups is 2. The number of benzene rings is 2. The zero-order valence-electron chi connectivity index (χ0n) is 11.1. The zero-order chi connectivity index (χ0) is 14.9. The molecule has 0 radical (unpaired) electrons. The molecule has 0 aliphatic heterocycles. The average Bonchev–Trinajstić information content (AvgIpc) is 2.43. The van der Waals surface area contributed by atoms with Gasteiger partial charge >= 0.3 is 0 Å². The van der Waals surface area contributed by atoms with E-state index in [4.69, 9.17) is 0 Å².